The van der Waals surface area contributed by atoms with Gasteiger partial charge in [-0.25, -0.2) is 0 Å². The van der Waals surface area contributed by atoms with Gasteiger partial charge in [-0.1, -0.05) is 13.8 Å². The molecule has 0 radical (unpaired) electrons. The number of aliphatic hydroxyl groups excluding tert-OH is 1. The van der Waals surface area contributed by atoms with E-state index in [1.54, 1.807) is 0 Å². The van der Waals surface area contributed by atoms with E-state index in [4.69, 9.17) is 5.11 Å². The summed E-state index contributed by atoms with van der Waals surface area (Å²) >= 11 is 0. The summed E-state index contributed by atoms with van der Waals surface area (Å²) in [4.78, 5) is 3.07. The maximum atomic E-state index is 9.01. The number of rotatable bonds is 3. The van der Waals surface area contributed by atoms with Gasteiger partial charge in [0.05, 0.1) is 6.61 Å². The molecule has 0 saturated carbocycles. The molecule has 0 saturated heterocycles. The maximum Gasteiger partial charge on any atom is 0.0648 e. The molecule has 0 amide bonds. The van der Waals surface area contributed by atoms with E-state index in [2.05, 4.69) is 18.8 Å². The SMILES string of the molecule is CC(C)C(=Cc1ccc[nH]1)CO. The zero-order chi connectivity index (χ0) is 8.97. The Bertz CT molecular complexity index is 247. The molecule has 2 heteroatoms. The minimum atomic E-state index is 0.136. The standard InChI is InChI=1S/C10H15NO/c1-8(2)9(7-12)6-10-4-3-5-11-10/h3-6,8,11-12H,7H2,1-2H3. The molecule has 0 aliphatic carbocycles. The van der Waals surface area contributed by atoms with E-state index in [1.807, 2.05) is 24.4 Å². The number of hydrogen-bond donors (Lipinski definition) is 2. The molecule has 0 aliphatic heterocycles. The lowest BCUT2D eigenvalue weighted by atomic mass is 10.0. The van der Waals surface area contributed by atoms with E-state index in [0.29, 0.717) is 5.92 Å². The van der Waals surface area contributed by atoms with Crippen LogP contribution in [0, 0.1) is 5.92 Å². The molecule has 1 rings (SSSR count). The smallest absolute Gasteiger partial charge is 0.0648 e. The van der Waals surface area contributed by atoms with Crippen molar-refractivity contribution in [3.8, 4) is 0 Å². The molecule has 0 aliphatic rings. The van der Waals surface area contributed by atoms with Crippen molar-refractivity contribution in [2.45, 2.75) is 13.8 Å². The number of aromatic nitrogens is 1. The second kappa shape index (κ2) is 4.12. The third-order valence-corrected chi connectivity index (χ3v) is 1.89. The molecule has 0 spiro atoms. The van der Waals surface area contributed by atoms with Gasteiger partial charge in [-0.2, -0.15) is 0 Å². The molecular weight excluding hydrogens is 150 g/mol. The molecule has 12 heavy (non-hydrogen) atoms. The summed E-state index contributed by atoms with van der Waals surface area (Å²) in [7, 11) is 0. The third-order valence-electron chi connectivity index (χ3n) is 1.89. The van der Waals surface area contributed by atoms with Crippen LogP contribution in [-0.2, 0) is 0 Å². The van der Waals surface area contributed by atoms with Crippen LogP contribution < -0.4 is 0 Å². The van der Waals surface area contributed by atoms with Crippen molar-refractivity contribution in [2.24, 2.45) is 5.92 Å². The van der Waals surface area contributed by atoms with Gasteiger partial charge in [0.25, 0.3) is 0 Å². The zero-order valence-electron chi connectivity index (χ0n) is 7.54. The largest absolute Gasteiger partial charge is 0.392 e. The second-order valence-corrected chi connectivity index (χ2v) is 3.16. The average molecular weight is 165 g/mol. The Morgan fingerprint density at radius 2 is 2.42 bits per heavy atom. The predicted molar refractivity (Wildman–Crippen MR) is 50.7 cm³/mol. The van der Waals surface area contributed by atoms with Crippen LogP contribution in [0.2, 0.25) is 0 Å². The van der Waals surface area contributed by atoms with Crippen LogP contribution in [0.1, 0.15) is 19.5 Å². The highest BCUT2D eigenvalue weighted by molar-refractivity contribution is 5.49. The summed E-state index contributed by atoms with van der Waals surface area (Å²) in [5, 5.41) is 9.01. The van der Waals surface area contributed by atoms with Crippen molar-refractivity contribution in [1.82, 2.24) is 4.98 Å². The van der Waals surface area contributed by atoms with Gasteiger partial charge in [0.15, 0.2) is 0 Å². The fourth-order valence-electron chi connectivity index (χ4n) is 1.03. The van der Waals surface area contributed by atoms with Gasteiger partial charge in [-0.05, 0) is 29.7 Å². The van der Waals surface area contributed by atoms with Crippen molar-refractivity contribution < 1.29 is 5.11 Å². The van der Waals surface area contributed by atoms with Gasteiger partial charge in [0, 0.05) is 11.9 Å². The Hall–Kier alpha value is -1.02. The van der Waals surface area contributed by atoms with Gasteiger partial charge in [-0.3, -0.25) is 0 Å². The molecule has 0 aromatic carbocycles. The van der Waals surface area contributed by atoms with Crippen LogP contribution in [0.25, 0.3) is 6.08 Å². The quantitative estimate of drug-likeness (QED) is 0.706. The predicted octanol–water partition coefficient (Wildman–Crippen LogP) is 2.05. The van der Waals surface area contributed by atoms with Crippen LogP contribution >= 0.6 is 0 Å². The van der Waals surface area contributed by atoms with E-state index in [-0.39, 0.29) is 6.61 Å². The zero-order valence-corrected chi connectivity index (χ0v) is 7.54. The van der Waals surface area contributed by atoms with E-state index in [9.17, 15) is 0 Å². The monoisotopic (exact) mass is 165 g/mol. The summed E-state index contributed by atoms with van der Waals surface area (Å²) in [6, 6.07) is 3.93. The molecule has 1 heterocycles. The molecular formula is C10H15NO. The first kappa shape index (κ1) is 9.07. The lowest BCUT2D eigenvalue weighted by molar-refractivity contribution is 0.320. The van der Waals surface area contributed by atoms with Gasteiger partial charge in [-0.15, -0.1) is 0 Å². The fourth-order valence-corrected chi connectivity index (χ4v) is 1.03. The van der Waals surface area contributed by atoms with Gasteiger partial charge in [0.1, 0.15) is 0 Å². The Morgan fingerprint density at radius 1 is 1.67 bits per heavy atom. The van der Waals surface area contributed by atoms with Crippen LogP contribution in [0.3, 0.4) is 0 Å². The maximum absolute atomic E-state index is 9.01. The minimum absolute atomic E-state index is 0.136. The lowest BCUT2D eigenvalue weighted by Crippen LogP contribution is -1.98. The van der Waals surface area contributed by atoms with Gasteiger partial charge < -0.3 is 10.1 Å². The number of hydrogen-bond acceptors (Lipinski definition) is 1. The highest BCUT2D eigenvalue weighted by atomic mass is 16.3. The number of aliphatic hydroxyl groups is 1. The number of nitrogens with one attached hydrogen (secondary N) is 1. The first-order chi connectivity index (χ1) is 5.74. The summed E-state index contributed by atoms with van der Waals surface area (Å²) in [5.74, 6) is 0.401. The van der Waals surface area contributed by atoms with E-state index >= 15 is 0 Å². The Morgan fingerprint density at radius 3 is 2.83 bits per heavy atom. The summed E-state index contributed by atoms with van der Waals surface area (Å²) in [6.45, 7) is 4.28. The number of H-pyrrole nitrogens is 1. The Labute approximate surface area is 72.9 Å². The van der Waals surface area contributed by atoms with Crippen LogP contribution in [0.15, 0.2) is 23.9 Å². The van der Waals surface area contributed by atoms with Crippen molar-refractivity contribution in [2.75, 3.05) is 6.61 Å². The van der Waals surface area contributed by atoms with E-state index in [0.717, 1.165) is 11.3 Å². The van der Waals surface area contributed by atoms with Crippen LogP contribution in [0.4, 0.5) is 0 Å². The highest BCUT2D eigenvalue weighted by Gasteiger charge is 2.01. The highest BCUT2D eigenvalue weighted by Crippen LogP contribution is 2.12. The van der Waals surface area contributed by atoms with Crippen molar-refractivity contribution in [1.29, 1.82) is 0 Å². The Balaban J connectivity index is 2.78. The van der Waals surface area contributed by atoms with Crippen molar-refractivity contribution in [3.05, 3.63) is 29.6 Å². The molecule has 2 N–H and O–H groups in total. The summed E-state index contributed by atoms with van der Waals surface area (Å²) in [6.07, 6.45) is 3.87. The van der Waals surface area contributed by atoms with Gasteiger partial charge in [0.2, 0.25) is 0 Å². The first-order valence-electron chi connectivity index (χ1n) is 4.18. The van der Waals surface area contributed by atoms with Crippen LogP contribution in [-0.4, -0.2) is 16.7 Å². The second-order valence-electron chi connectivity index (χ2n) is 3.16. The van der Waals surface area contributed by atoms with Crippen LogP contribution in [0.5, 0.6) is 0 Å². The topological polar surface area (TPSA) is 36.0 Å². The summed E-state index contributed by atoms with van der Waals surface area (Å²) in [5.41, 5.74) is 2.10. The van der Waals surface area contributed by atoms with E-state index < -0.39 is 0 Å². The van der Waals surface area contributed by atoms with Gasteiger partial charge >= 0.3 is 0 Å². The average Bonchev–Trinajstić information content (AvgIpc) is 2.51. The third kappa shape index (κ3) is 2.24. The Kier molecular flexibility index (Phi) is 3.11. The molecule has 0 unspecified atom stereocenters. The number of aromatic amines is 1. The fraction of sp³-hybridized carbons (Fsp3) is 0.400. The molecule has 1 aromatic rings. The normalized spacial score (nSPS) is 12.5. The minimum Gasteiger partial charge on any atom is -0.392 e. The molecule has 2 nitrogen and oxygen atoms in total. The lowest BCUT2D eigenvalue weighted by Gasteiger charge is -2.06. The molecule has 1 aromatic heterocycles. The summed E-state index contributed by atoms with van der Waals surface area (Å²) < 4.78 is 0. The van der Waals surface area contributed by atoms with E-state index in [1.165, 1.54) is 0 Å². The molecule has 0 atom stereocenters. The van der Waals surface area contributed by atoms with Crippen molar-refractivity contribution >= 4 is 6.08 Å². The molecule has 66 valence electrons. The molecule has 0 bridgehead atoms. The first-order valence-corrected chi connectivity index (χ1v) is 4.18. The van der Waals surface area contributed by atoms with Crippen molar-refractivity contribution in [3.63, 3.8) is 0 Å². The molecule has 0 fully saturated rings.